The van der Waals surface area contributed by atoms with Crippen LogP contribution in [-0.2, 0) is 6.54 Å². The fourth-order valence-corrected chi connectivity index (χ4v) is 3.87. The van der Waals surface area contributed by atoms with Crippen molar-refractivity contribution in [3.63, 3.8) is 0 Å². The summed E-state index contributed by atoms with van der Waals surface area (Å²) < 4.78 is 5.25. The van der Waals surface area contributed by atoms with Gasteiger partial charge < -0.3 is 20.4 Å². The highest BCUT2D eigenvalue weighted by molar-refractivity contribution is 6.40. The Balaban J connectivity index is 1.88. The second-order valence-corrected chi connectivity index (χ2v) is 8.90. The highest BCUT2D eigenvalue weighted by Crippen LogP contribution is 2.28. The van der Waals surface area contributed by atoms with Gasteiger partial charge >= 0.3 is 0 Å². The van der Waals surface area contributed by atoms with Crippen molar-refractivity contribution in [3.8, 4) is 5.75 Å². The molecule has 2 aromatic rings. The molecule has 1 fully saturated rings. The van der Waals surface area contributed by atoms with E-state index in [-0.39, 0.29) is 5.96 Å². The molecule has 3 rings (SSSR count). The molecule has 1 heterocycles. The van der Waals surface area contributed by atoms with Crippen LogP contribution >= 0.6 is 23.2 Å². The topological polar surface area (TPSA) is 134 Å². The first-order valence-electron chi connectivity index (χ1n) is 11.4. The van der Waals surface area contributed by atoms with E-state index in [1.165, 1.54) is 0 Å². The largest absolute Gasteiger partial charge is 0.497 e. The first kappa shape index (κ1) is 27.9. The summed E-state index contributed by atoms with van der Waals surface area (Å²) in [4.78, 5) is 21.4. The minimum atomic E-state index is -0.393. The standard InChI is InChI=1S/C25H30Cl2N8O2/c1-4-21(26)22(27)13-19-15-35(25(34(19)2)30-18-9-11-20(37-3)12-10-18)14-16-5-7-17(8-6-16)23(36)31-24(32-28)33-29/h5-13H,4,14-15,28-29H2,1-3H3,(H2,31,32,33,36)/b19-13+,22-21-,30-25?. The normalized spacial score (nSPS) is 16.8. The first-order chi connectivity index (χ1) is 17.8. The number of benzene rings is 2. The van der Waals surface area contributed by atoms with Gasteiger partial charge in [-0.3, -0.25) is 15.5 Å². The number of aliphatic imine (C=N–C) groups is 1. The van der Waals surface area contributed by atoms with Crippen molar-refractivity contribution < 1.29 is 9.53 Å². The monoisotopic (exact) mass is 544 g/mol. The molecule has 1 aliphatic heterocycles. The molecule has 0 atom stereocenters. The van der Waals surface area contributed by atoms with Crippen LogP contribution in [0.4, 0.5) is 5.69 Å². The van der Waals surface area contributed by atoms with Crippen LogP contribution in [0.1, 0.15) is 29.3 Å². The Kier molecular flexibility index (Phi) is 9.78. The zero-order valence-electron chi connectivity index (χ0n) is 20.8. The number of hydrogen-bond acceptors (Lipinski definition) is 6. The molecule has 0 bridgehead atoms. The number of rotatable bonds is 7. The molecule has 1 saturated heterocycles. The third-order valence-corrected chi connectivity index (χ3v) is 6.52. The number of allylic oxidation sites excluding steroid dienone is 3. The van der Waals surface area contributed by atoms with Crippen LogP contribution in [0.3, 0.4) is 0 Å². The van der Waals surface area contributed by atoms with Gasteiger partial charge in [0.1, 0.15) is 5.75 Å². The van der Waals surface area contributed by atoms with Crippen molar-refractivity contribution in [3.05, 3.63) is 81.5 Å². The van der Waals surface area contributed by atoms with Crippen molar-refractivity contribution in [2.75, 3.05) is 20.7 Å². The number of hydrogen-bond donors (Lipinski definition) is 4. The lowest BCUT2D eigenvalue weighted by Gasteiger charge is -2.20. The number of methoxy groups -OCH3 is 1. The van der Waals surface area contributed by atoms with Crippen molar-refractivity contribution in [1.82, 2.24) is 20.5 Å². The molecule has 196 valence electrons. The van der Waals surface area contributed by atoms with Crippen LogP contribution in [0.5, 0.6) is 5.75 Å². The second kappa shape index (κ2) is 13.0. The van der Waals surface area contributed by atoms with E-state index in [1.54, 1.807) is 19.2 Å². The van der Waals surface area contributed by atoms with Crippen molar-refractivity contribution in [2.45, 2.75) is 19.9 Å². The van der Waals surface area contributed by atoms with E-state index in [1.807, 2.05) is 61.3 Å². The van der Waals surface area contributed by atoms with E-state index in [2.05, 4.69) is 20.7 Å². The van der Waals surface area contributed by atoms with E-state index in [4.69, 9.17) is 44.6 Å². The quantitative estimate of drug-likeness (QED) is 0.181. The van der Waals surface area contributed by atoms with Crippen LogP contribution in [0.25, 0.3) is 0 Å². The molecular formula is C25H30Cl2N8O2. The van der Waals surface area contributed by atoms with Gasteiger partial charge in [-0.05, 0) is 54.5 Å². The molecule has 0 spiro atoms. The summed E-state index contributed by atoms with van der Waals surface area (Å²) in [5, 5.41) is 6.93. The summed E-state index contributed by atoms with van der Waals surface area (Å²) in [6, 6.07) is 14.7. The molecule has 6 N–H and O–H groups in total. The Hall–Kier alpha value is -3.73. The number of nitrogens with zero attached hydrogens (tertiary/aromatic N) is 4. The van der Waals surface area contributed by atoms with Gasteiger partial charge in [-0.25, -0.2) is 10.8 Å². The van der Waals surface area contributed by atoms with Crippen LogP contribution < -0.4 is 27.2 Å². The van der Waals surface area contributed by atoms with Gasteiger partial charge in [-0.2, -0.15) is 0 Å². The fourth-order valence-electron chi connectivity index (χ4n) is 3.56. The molecule has 0 radical (unpaired) electrons. The molecular weight excluding hydrogens is 515 g/mol. The number of guanidine groups is 2. The molecule has 1 aliphatic rings. The molecule has 10 nitrogen and oxygen atoms in total. The van der Waals surface area contributed by atoms with Crippen LogP contribution in [0.15, 0.2) is 80.5 Å². The number of halogens is 2. The minimum absolute atomic E-state index is 0.0382. The van der Waals surface area contributed by atoms with E-state index in [9.17, 15) is 4.79 Å². The number of hydrazone groups is 1. The summed E-state index contributed by atoms with van der Waals surface area (Å²) in [6.07, 6.45) is 2.51. The number of amides is 1. The fraction of sp³-hybridized carbons (Fsp3) is 0.240. The highest BCUT2D eigenvalue weighted by Gasteiger charge is 2.29. The molecule has 0 saturated carbocycles. The number of ether oxygens (including phenoxy) is 1. The molecule has 0 aliphatic carbocycles. The smallest absolute Gasteiger partial charge is 0.258 e. The lowest BCUT2D eigenvalue weighted by atomic mass is 10.1. The lowest BCUT2D eigenvalue weighted by Crippen LogP contribution is -2.45. The zero-order chi connectivity index (χ0) is 26.9. The van der Waals surface area contributed by atoms with Gasteiger partial charge in [0.15, 0.2) is 0 Å². The summed E-state index contributed by atoms with van der Waals surface area (Å²) >= 11 is 12.7. The van der Waals surface area contributed by atoms with E-state index in [0.717, 1.165) is 28.7 Å². The Morgan fingerprint density at radius 3 is 2.41 bits per heavy atom. The van der Waals surface area contributed by atoms with Gasteiger partial charge in [0, 0.05) is 29.9 Å². The maximum Gasteiger partial charge on any atom is 0.258 e. The lowest BCUT2D eigenvalue weighted by molar-refractivity contribution is 0.0975. The predicted molar refractivity (Wildman–Crippen MR) is 148 cm³/mol. The highest BCUT2D eigenvalue weighted by atomic mass is 35.5. The Labute approximate surface area is 226 Å². The van der Waals surface area contributed by atoms with Gasteiger partial charge in [0.2, 0.25) is 11.9 Å². The predicted octanol–water partition coefficient (Wildman–Crippen LogP) is 3.54. The zero-order valence-corrected chi connectivity index (χ0v) is 22.3. The third-order valence-electron chi connectivity index (χ3n) is 5.62. The SMILES string of the molecule is CC/C(Cl)=C(Cl)\C=C1/CN(Cc2ccc(C(=O)N/C(=N/N)NN)cc2)C(=Nc2ccc(OC)cc2)N1C. The average molecular weight is 545 g/mol. The van der Waals surface area contributed by atoms with E-state index >= 15 is 0 Å². The summed E-state index contributed by atoms with van der Waals surface area (Å²) in [5.74, 6) is 11.5. The molecule has 37 heavy (non-hydrogen) atoms. The molecule has 0 aromatic heterocycles. The molecule has 1 amide bonds. The number of nitrogens with two attached hydrogens (primary N) is 2. The maximum atomic E-state index is 12.4. The Morgan fingerprint density at radius 2 is 1.84 bits per heavy atom. The number of carbonyl (C=O) groups is 1. The van der Waals surface area contributed by atoms with E-state index in [0.29, 0.717) is 35.1 Å². The van der Waals surface area contributed by atoms with Crippen molar-refractivity contribution in [1.29, 1.82) is 0 Å². The summed E-state index contributed by atoms with van der Waals surface area (Å²) in [5.41, 5.74) is 5.34. The van der Waals surface area contributed by atoms with Crippen molar-refractivity contribution in [2.24, 2.45) is 21.8 Å². The van der Waals surface area contributed by atoms with Crippen LogP contribution in [0, 0.1) is 0 Å². The van der Waals surface area contributed by atoms with Crippen LogP contribution in [0.2, 0.25) is 0 Å². The van der Waals surface area contributed by atoms with Crippen LogP contribution in [-0.4, -0.2) is 48.3 Å². The Bertz CT molecular complexity index is 1220. The first-order valence-corrected chi connectivity index (χ1v) is 12.2. The summed E-state index contributed by atoms with van der Waals surface area (Å²) in [6.45, 7) is 3.06. The van der Waals surface area contributed by atoms with Crippen molar-refractivity contribution >= 4 is 46.7 Å². The average Bonchev–Trinajstić information content (AvgIpc) is 3.20. The van der Waals surface area contributed by atoms with E-state index < -0.39 is 5.91 Å². The minimum Gasteiger partial charge on any atom is -0.497 e. The van der Waals surface area contributed by atoms with Gasteiger partial charge in [0.05, 0.1) is 24.4 Å². The molecule has 2 aromatic carbocycles. The van der Waals surface area contributed by atoms with Gasteiger partial charge in [-0.1, -0.05) is 42.3 Å². The van der Waals surface area contributed by atoms with Gasteiger partial charge in [0.25, 0.3) is 5.91 Å². The van der Waals surface area contributed by atoms with Gasteiger partial charge in [-0.15, -0.1) is 5.10 Å². The molecule has 12 heteroatoms. The number of likely N-dealkylation sites (N-methyl/N-ethyl adjacent to an activating group) is 1. The number of hydrazine groups is 1. The summed E-state index contributed by atoms with van der Waals surface area (Å²) in [7, 11) is 3.56. The maximum absolute atomic E-state index is 12.4. The second-order valence-electron chi connectivity index (χ2n) is 8.04. The number of nitrogens with one attached hydrogen (secondary N) is 2. The Morgan fingerprint density at radius 1 is 1.16 bits per heavy atom. The third kappa shape index (κ3) is 7.16. The number of carbonyl (C=O) groups excluding carboxylic acids is 1. The molecule has 0 unspecified atom stereocenters.